The summed E-state index contributed by atoms with van der Waals surface area (Å²) in [6, 6.07) is -0.249. The predicted molar refractivity (Wildman–Crippen MR) is 54.2 cm³/mol. The normalized spacial score (nSPS) is 19.2. The molecule has 1 unspecified atom stereocenters. The summed E-state index contributed by atoms with van der Waals surface area (Å²) in [6.45, 7) is 1.67. The Morgan fingerprint density at radius 1 is 1.64 bits per heavy atom. The number of rotatable bonds is 6. The molecule has 1 aliphatic carbocycles. The molecule has 0 amide bonds. The van der Waals surface area contributed by atoms with Crippen LogP contribution in [0.25, 0.3) is 0 Å². The quantitative estimate of drug-likeness (QED) is 0.350. The molecular weight excluding hydrogens is 204 g/mol. The van der Waals surface area contributed by atoms with Crippen LogP contribution in [0.1, 0.15) is 26.2 Å². The molecule has 1 aliphatic rings. The molecule has 14 heavy (non-hydrogen) atoms. The van der Waals surface area contributed by atoms with Crippen molar-refractivity contribution in [2.24, 2.45) is 5.73 Å². The third kappa shape index (κ3) is 4.54. The van der Waals surface area contributed by atoms with Crippen LogP contribution in [0.2, 0.25) is 0 Å². The van der Waals surface area contributed by atoms with Crippen molar-refractivity contribution >= 4 is 16.0 Å². The van der Waals surface area contributed by atoms with Crippen molar-refractivity contribution in [1.29, 1.82) is 5.41 Å². The summed E-state index contributed by atoms with van der Waals surface area (Å²) in [5.41, 5.74) is 5.15. The van der Waals surface area contributed by atoms with E-state index in [1.807, 2.05) is 0 Å². The minimum absolute atomic E-state index is 0.0216. The second-order valence-electron chi connectivity index (χ2n) is 3.64. The van der Waals surface area contributed by atoms with Gasteiger partial charge >= 0.3 is 0 Å². The van der Waals surface area contributed by atoms with Gasteiger partial charge in [0.15, 0.2) is 0 Å². The van der Waals surface area contributed by atoms with E-state index >= 15 is 0 Å². The summed E-state index contributed by atoms with van der Waals surface area (Å²) in [4.78, 5) is 0. The van der Waals surface area contributed by atoms with Crippen LogP contribution in [-0.4, -0.2) is 26.3 Å². The molecule has 0 aliphatic heterocycles. The molecule has 0 heterocycles. The molecule has 1 fully saturated rings. The fourth-order valence-corrected chi connectivity index (χ4v) is 2.45. The van der Waals surface area contributed by atoms with Crippen LogP contribution < -0.4 is 15.2 Å². The van der Waals surface area contributed by atoms with Crippen LogP contribution >= 0.6 is 0 Å². The minimum atomic E-state index is -3.42. The number of nitrogens with two attached hydrogens (primary N) is 1. The number of nitrogens with one attached hydrogen (secondary N) is 3. The van der Waals surface area contributed by atoms with Crippen molar-refractivity contribution < 1.29 is 8.42 Å². The molecule has 7 heteroatoms. The van der Waals surface area contributed by atoms with Crippen molar-refractivity contribution in [3.05, 3.63) is 0 Å². The Balaban J connectivity index is 2.36. The van der Waals surface area contributed by atoms with E-state index in [4.69, 9.17) is 11.1 Å². The van der Waals surface area contributed by atoms with Gasteiger partial charge in [0.1, 0.15) is 0 Å². The van der Waals surface area contributed by atoms with Crippen molar-refractivity contribution in [1.82, 2.24) is 9.44 Å². The van der Waals surface area contributed by atoms with Gasteiger partial charge in [0.2, 0.25) is 0 Å². The highest BCUT2D eigenvalue weighted by Crippen LogP contribution is 2.19. The zero-order valence-electron chi connectivity index (χ0n) is 8.08. The van der Waals surface area contributed by atoms with E-state index in [0.717, 1.165) is 12.8 Å². The predicted octanol–water partition coefficient (Wildman–Crippen LogP) is -0.713. The van der Waals surface area contributed by atoms with Crippen molar-refractivity contribution in [3.8, 4) is 0 Å². The minimum Gasteiger partial charge on any atom is -0.388 e. The molecule has 6 nitrogen and oxygen atoms in total. The molecule has 0 radical (unpaired) electrons. The SMILES string of the molecule is CC(CC(=N)N)NS(=O)(=O)NC1CC1. The third-order valence-corrected chi connectivity index (χ3v) is 3.14. The molecule has 0 aromatic carbocycles. The second-order valence-corrected chi connectivity index (χ2v) is 5.12. The van der Waals surface area contributed by atoms with Crippen molar-refractivity contribution in [3.63, 3.8) is 0 Å². The highest BCUT2D eigenvalue weighted by Gasteiger charge is 2.27. The fourth-order valence-electron chi connectivity index (χ4n) is 1.09. The van der Waals surface area contributed by atoms with E-state index in [1.54, 1.807) is 6.92 Å². The number of amidine groups is 1. The van der Waals surface area contributed by atoms with Crippen LogP contribution in [0, 0.1) is 5.41 Å². The van der Waals surface area contributed by atoms with Gasteiger partial charge in [-0.3, -0.25) is 5.41 Å². The highest BCUT2D eigenvalue weighted by atomic mass is 32.2. The molecule has 5 N–H and O–H groups in total. The summed E-state index contributed by atoms with van der Waals surface area (Å²) in [5, 5.41) is 7.01. The maximum atomic E-state index is 11.3. The van der Waals surface area contributed by atoms with Crippen LogP contribution in [0.3, 0.4) is 0 Å². The Labute approximate surface area is 83.9 Å². The average molecular weight is 220 g/mol. The lowest BCUT2D eigenvalue weighted by Gasteiger charge is -2.13. The van der Waals surface area contributed by atoms with Gasteiger partial charge in [0, 0.05) is 18.5 Å². The molecule has 1 rings (SSSR count). The van der Waals surface area contributed by atoms with Crippen LogP contribution in [0.5, 0.6) is 0 Å². The summed E-state index contributed by atoms with van der Waals surface area (Å²) in [5.74, 6) is -0.0216. The third-order valence-electron chi connectivity index (χ3n) is 1.78. The zero-order valence-corrected chi connectivity index (χ0v) is 8.89. The number of hydrogen-bond donors (Lipinski definition) is 4. The number of hydrogen-bond acceptors (Lipinski definition) is 3. The topological polar surface area (TPSA) is 108 Å². The van der Waals surface area contributed by atoms with E-state index in [0.29, 0.717) is 0 Å². The first-order valence-corrected chi connectivity index (χ1v) is 6.00. The Kier molecular flexibility index (Phi) is 3.46. The molecule has 0 aromatic rings. The van der Waals surface area contributed by atoms with Gasteiger partial charge in [0.05, 0.1) is 5.84 Å². The van der Waals surface area contributed by atoms with Crippen molar-refractivity contribution in [2.45, 2.75) is 38.3 Å². The van der Waals surface area contributed by atoms with Gasteiger partial charge in [-0.15, -0.1) is 0 Å². The van der Waals surface area contributed by atoms with E-state index in [-0.39, 0.29) is 24.3 Å². The second kappa shape index (κ2) is 4.24. The molecule has 1 saturated carbocycles. The standard InChI is InChI=1S/C7H16N4O2S/c1-5(4-7(8)9)10-14(12,13)11-6-2-3-6/h5-6,10-11H,2-4H2,1H3,(H3,8,9). The summed E-state index contributed by atoms with van der Waals surface area (Å²) < 4.78 is 27.6. The summed E-state index contributed by atoms with van der Waals surface area (Å²) >= 11 is 0. The summed E-state index contributed by atoms with van der Waals surface area (Å²) in [6.07, 6.45) is 2.04. The monoisotopic (exact) mass is 220 g/mol. The Hall–Kier alpha value is -0.660. The van der Waals surface area contributed by atoms with Gasteiger partial charge in [-0.1, -0.05) is 0 Å². The Morgan fingerprint density at radius 2 is 2.21 bits per heavy atom. The van der Waals surface area contributed by atoms with Crippen LogP contribution in [0.4, 0.5) is 0 Å². The molecule has 0 spiro atoms. The Bertz CT molecular complexity index is 310. The highest BCUT2D eigenvalue weighted by molar-refractivity contribution is 7.87. The van der Waals surface area contributed by atoms with Gasteiger partial charge in [-0.05, 0) is 19.8 Å². The fraction of sp³-hybridized carbons (Fsp3) is 0.857. The molecule has 0 aromatic heterocycles. The van der Waals surface area contributed by atoms with Crippen molar-refractivity contribution in [2.75, 3.05) is 0 Å². The van der Waals surface area contributed by atoms with Gasteiger partial charge < -0.3 is 5.73 Å². The molecule has 82 valence electrons. The smallest absolute Gasteiger partial charge is 0.277 e. The molecular formula is C7H16N4O2S. The first-order chi connectivity index (χ1) is 6.39. The van der Waals surface area contributed by atoms with Crippen LogP contribution in [-0.2, 0) is 10.2 Å². The van der Waals surface area contributed by atoms with Crippen LogP contribution in [0.15, 0.2) is 0 Å². The first-order valence-electron chi connectivity index (χ1n) is 4.51. The molecule has 0 saturated heterocycles. The van der Waals surface area contributed by atoms with E-state index < -0.39 is 10.2 Å². The maximum absolute atomic E-state index is 11.3. The average Bonchev–Trinajstić information content (AvgIpc) is 2.65. The first kappa shape index (κ1) is 11.4. The maximum Gasteiger partial charge on any atom is 0.277 e. The van der Waals surface area contributed by atoms with E-state index in [9.17, 15) is 8.42 Å². The van der Waals surface area contributed by atoms with E-state index in [2.05, 4.69) is 9.44 Å². The lowest BCUT2D eigenvalue weighted by atomic mass is 10.2. The Morgan fingerprint density at radius 3 is 2.64 bits per heavy atom. The lowest BCUT2D eigenvalue weighted by Crippen LogP contribution is -2.43. The lowest BCUT2D eigenvalue weighted by molar-refractivity contribution is 0.549. The largest absolute Gasteiger partial charge is 0.388 e. The van der Waals surface area contributed by atoms with Gasteiger partial charge in [-0.25, -0.2) is 0 Å². The summed E-state index contributed by atoms with van der Waals surface area (Å²) in [7, 11) is -3.42. The van der Waals surface area contributed by atoms with Gasteiger partial charge in [0.25, 0.3) is 10.2 Å². The molecule has 1 atom stereocenters. The van der Waals surface area contributed by atoms with Gasteiger partial charge in [-0.2, -0.15) is 17.9 Å². The van der Waals surface area contributed by atoms with E-state index in [1.165, 1.54) is 0 Å². The zero-order chi connectivity index (χ0) is 10.8. The molecule has 0 bridgehead atoms.